The maximum Gasteiger partial charge on any atom is 0.117 e. The lowest BCUT2D eigenvalue weighted by Crippen LogP contribution is -1.95. The van der Waals surface area contributed by atoms with Crippen molar-refractivity contribution in [1.29, 1.82) is 0 Å². The summed E-state index contributed by atoms with van der Waals surface area (Å²) in [6, 6.07) is 3.68. The number of aliphatic hydroxyl groups excluding tert-OH is 1. The van der Waals surface area contributed by atoms with Crippen molar-refractivity contribution in [2.45, 2.75) is 6.10 Å². The minimum Gasteiger partial charge on any atom is -0.472 e. The van der Waals surface area contributed by atoms with Crippen LogP contribution in [0.25, 0.3) is 0 Å². The molecule has 1 N–H and O–H groups in total. The van der Waals surface area contributed by atoms with Gasteiger partial charge in [-0.3, -0.25) is 0 Å². The summed E-state index contributed by atoms with van der Waals surface area (Å²) < 4.78 is 5.84. The Kier molecular flexibility index (Phi) is 2.53. The second-order valence-corrected chi connectivity index (χ2v) is 4.39. The molecular formula is C9H7BrO2S. The fraction of sp³-hybridized carbons (Fsp3) is 0.111. The molecule has 2 aromatic heterocycles. The number of rotatable bonds is 2. The fourth-order valence-electron chi connectivity index (χ4n) is 1.08. The van der Waals surface area contributed by atoms with Crippen molar-refractivity contribution >= 4 is 27.3 Å². The van der Waals surface area contributed by atoms with Crippen LogP contribution in [0.15, 0.2) is 38.9 Å². The van der Waals surface area contributed by atoms with Gasteiger partial charge >= 0.3 is 0 Å². The molecule has 0 spiro atoms. The molecule has 4 heteroatoms. The first-order valence-electron chi connectivity index (χ1n) is 3.72. The zero-order chi connectivity index (χ0) is 9.26. The average Bonchev–Trinajstić information content (AvgIpc) is 2.72. The molecule has 68 valence electrons. The van der Waals surface area contributed by atoms with Crippen molar-refractivity contribution < 1.29 is 9.52 Å². The standard InChI is InChI=1S/C9H7BrO2S/c10-7-2-4-13-9(7)8(11)6-1-3-12-5-6/h1-5,8,11H. The van der Waals surface area contributed by atoms with E-state index in [0.29, 0.717) is 0 Å². The van der Waals surface area contributed by atoms with Crippen LogP contribution < -0.4 is 0 Å². The van der Waals surface area contributed by atoms with Crippen molar-refractivity contribution in [1.82, 2.24) is 0 Å². The molecular weight excluding hydrogens is 252 g/mol. The molecule has 0 saturated carbocycles. The van der Waals surface area contributed by atoms with Gasteiger partial charge in [-0.25, -0.2) is 0 Å². The van der Waals surface area contributed by atoms with Crippen LogP contribution in [-0.4, -0.2) is 5.11 Å². The molecule has 0 aliphatic rings. The third kappa shape index (κ3) is 1.70. The summed E-state index contributed by atoms with van der Waals surface area (Å²) in [5, 5.41) is 11.8. The minimum absolute atomic E-state index is 0.590. The molecule has 0 radical (unpaired) electrons. The Balaban J connectivity index is 2.33. The molecule has 2 nitrogen and oxygen atoms in total. The van der Waals surface area contributed by atoms with Gasteiger partial charge in [0, 0.05) is 10.0 Å². The highest BCUT2D eigenvalue weighted by Gasteiger charge is 2.15. The van der Waals surface area contributed by atoms with E-state index in [0.717, 1.165) is 14.9 Å². The van der Waals surface area contributed by atoms with Crippen molar-refractivity contribution in [3.8, 4) is 0 Å². The van der Waals surface area contributed by atoms with E-state index in [1.807, 2.05) is 11.4 Å². The summed E-state index contributed by atoms with van der Waals surface area (Å²) in [6.07, 6.45) is 2.52. The molecule has 0 amide bonds. The molecule has 1 unspecified atom stereocenters. The Morgan fingerprint density at radius 2 is 2.31 bits per heavy atom. The van der Waals surface area contributed by atoms with Gasteiger partial charge < -0.3 is 9.52 Å². The third-order valence-corrected chi connectivity index (χ3v) is 3.68. The van der Waals surface area contributed by atoms with Crippen LogP contribution >= 0.6 is 27.3 Å². The SMILES string of the molecule is OC(c1ccoc1)c1sccc1Br. The van der Waals surface area contributed by atoms with Gasteiger partial charge in [-0.15, -0.1) is 11.3 Å². The number of furan rings is 1. The predicted molar refractivity (Wildman–Crippen MR) is 54.8 cm³/mol. The molecule has 1 atom stereocenters. The lowest BCUT2D eigenvalue weighted by Gasteiger charge is -2.05. The Hall–Kier alpha value is -0.580. The first-order chi connectivity index (χ1) is 6.29. The van der Waals surface area contributed by atoms with Crippen LogP contribution in [0, 0.1) is 0 Å². The third-order valence-electron chi connectivity index (χ3n) is 1.75. The monoisotopic (exact) mass is 258 g/mol. The van der Waals surface area contributed by atoms with Crippen molar-refractivity contribution in [2.24, 2.45) is 0 Å². The summed E-state index contributed by atoms with van der Waals surface area (Å²) in [5.41, 5.74) is 0.781. The summed E-state index contributed by atoms with van der Waals surface area (Å²) >= 11 is 4.89. The second-order valence-electron chi connectivity index (χ2n) is 2.59. The van der Waals surface area contributed by atoms with E-state index in [1.165, 1.54) is 11.3 Å². The zero-order valence-electron chi connectivity index (χ0n) is 6.61. The topological polar surface area (TPSA) is 33.4 Å². The van der Waals surface area contributed by atoms with E-state index in [4.69, 9.17) is 4.42 Å². The summed E-state index contributed by atoms with van der Waals surface area (Å²) in [5.74, 6) is 0. The van der Waals surface area contributed by atoms with Gasteiger partial charge in [-0.1, -0.05) is 0 Å². The molecule has 13 heavy (non-hydrogen) atoms. The van der Waals surface area contributed by atoms with Crippen molar-refractivity contribution in [2.75, 3.05) is 0 Å². The molecule has 0 aromatic carbocycles. The molecule has 0 aliphatic carbocycles. The van der Waals surface area contributed by atoms with Gasteiger partial charge in [0.15, 0.2) is 0 Å². The average molecular weight is 259 g/mol. The van der Waals surface area contributed by atoms with Gasteiger partial charge in [0.05, 0.1) is 17.4 Å². The zero-order valence-corrected chi connectivity index (χ0v) is 9.01. The molecule has 0 bridgehead atoms. The second kappa shape index (κ2) is 3.65. The summed E-state index contributed by atoms with van der Waals surface area (Å²) in [4.78, 5) is 0.904. The lowest BCUT2D eigenvalue weighted by atomic mass is 10.2. The fourth-order valence-corrected chi connectivity index (χ4v) is 2.68. The number of hydrogen-bond donors (Lipinski definition) is 1. The summed E-state index contributed by atoms with van der Waals surface area (Å²) in [7, 11) is 0. The number of hydrogen-bond acceptors (Lipinski definition) is 3. The van der Waals surface area contributed by atoms with E-state index in [-0.39, 0.29) is 0 Å². The molecule has 0 aliphatic heterocycles. The van der Waals surface area contributed by atoms with Gasteiger partial charge in [0.1, 0.15) is 6.10 Å². The van der Waals surface area contributed by atoms with E-state index in [2.05, 4.69) is 15.9 Å². The highest BCUT2D eigenvalue weighted by Crippen LogP contribution is 2.32. The van der Waals surface area contributed by atoms with Gasteiger partial charge in [-0.05, 0) is 33.4 Å². The normalized spacial score (nSPS) is 13.1. The Morgan fingerprint density at radius 3 is 2.85 bits per heavy atom. The Morgan fingerprint density at radius 1 is 1.46 bits per heavy atom. The first-order valence-corrected chi connectivity index (χ1v) is 5.39. The van der Waals surface area contributed by atoms with Crippen LogP contribution in [0.2, 0.25) is 0 Å². The summed E-state index contributed by atoms with van der Waals surface area (Å²) in [6.45, 7) is 0. The molecule has 2 rings (SSSR count). The highest BCUT2D eigenvalue weighted by atomic mass is 79.9. The quantitative estimate of drug-likeness (QED) is 0.898. The van der Waals surface area contributed by atoms with Crippen LogP contribution in [0.3, 0.4) is 0 Å². The van der Waals surface area contributed by atoms with Crippen LogP contribution in [-0.2, 0) is 0 Å². The van der Waals surface area contributed by atoms with Gasteiger partial charge in [0.2, 0.25) is 0 Å². The van der Waals surface area contributed by atoms with Crippen LogP contribution in [0.5, 0.6) is 0 Å². The molecule has 2 aromatic rings. The van der Waals surface area contributed by atoms with Gasteiger partial charge in [-0.2, -0.15) is 0 Å². The Bertz CT molecular complexity index is 380. The molecule has 0 saturated heterocycles. The van der Waals surface area contributed by atoms with Crippen molar-refractivity contribution in [3.05, 3.63) is 45.0 Å². The van der Waals surface area contributed by atoms with E-state index in [1.54, 1.807) is 18.6 Å². The maximum atomic E-state index is 9.87. The van der Waals surface area contributed by atoms with E-state index in [9.17, 15) is 5.11 Å². The van der Waals surface area contributed by atoms with Crippen LogP contribution in [0.1, 0.15) is 16.5 Å². The highest BCUT2D eigenvalue weighted by molar-refractivity contribution is 9.10. The number of aliphatic hydroxyl groups is 1. The Labute approximate surface area is 87.9 Å². The predicted octanol–water partition coefficient (Wildman–Crippen LogP) is 3.19. The van der Waals surface area contributed by atoms with Gasteiger partial charge in [0.25, 0.3) is 0 Å². The number of halogens is 1. The number of thiophene rings is 1. The van der Waals surface area contributed by atoms with Crippen LogP contribution in [0.4, 0.5) is 0 Å². The van der Waals surface area contributed by atoms with E-state index < -0.39 is 6.10 Å². The van der Waals surface area contributed by atoms with E-state index >= 15 is 0 Å². The first kappa shape index (κ1) is 8.99. The lowest BCUT2D eigenvalue weighted by molar-refractivity contribution is 0.222. The largest absolute Gasteiger partial charge is 0.472 e. The molecule has 2 heterocycles. The molecule has 0 fully saturated rings. The van der Waals surface area contributed by atoms with Crippen molar-refractivity contribution in [3.63, 3.8) is 0 Å². The minimum atomic E-state index is -0.590. The maximum absolute atomic E-state index is 9.87. The smallest absolute Gasteiger partial charge is 0.117 e.